The Kier molecular flexibility index (Phi) is 2.75. The van der Waals surface area contributed by atoms with Crippen LogP contribution in [0.5, 0.6) is 5.75 Å². The average molecular weight is 163 g/mol. The van der Waals surface area contributed by atoms with Crippen molar-refractivity contribution in [1.82, 2.24) is 0 Å². The first-order valence-corrected chi connectivity index (χ1v) is 3.92. The van der Waals surface area contributed by atoms with Gasteiger partial charge in [0.15, 0.2) is 0 Å². The minimum absolute atomic E-state index is 0.285. The first kappa shape index (κ1) is 8.65. The van der Waals surface area contributed by atoms with E-state index in [1.807, 2.05) is 32.1 Å². The summed E-state index contributed by atoms with van der Waals surface area (Å²) in [7, 11) is 0. The number of hydrogen-bond acceptors (Lipinski definition) is 2. The van der Waals surface area contributed by atoms with Crippen LogP contribution in [-0.2, 0) is 0 Å². The zero-order chi connectivity index (χ0) is 8.97. The molecular formula is C10H13NO. The van der Waals surface area contributed by atoms with Gasteiger partial charge in [-0.15, -0.1) is 0 Å². The van der Waals surface area contributed by atoms with Gasteiger partial charge >= 0.3 is 0 Å². The van der Waals surface area contributed by atoms with Gasteiger partial charge in [-0.2, -0.15) is 0 Å². The van der Waals surface area contributed by atoms with E-state index < -0.39 is 0 Å². The summed E-state index contributed by atoms with van der Waals surface area (Å²) >= 11 is 0. The quantitative estimate of drug-likeness (QED) is 0.657. The Morgan fingerprint density at radius 2 is 2.17 bits per heavy atom. The lowest BCUT2D eigenvalue weighted by Crippen LogP contribution is -1.90. The molecule has 0 aliphatic carbocycles. The summed E-state index contributed by atoms with van der Waals surface area (Å²) in [5.41, 5.74) is 1.81. The van der Waals surface area contributed by atoms with Gasteiger partial charge in [0.05, 0.1) is 5.69 Å². The summed E-state index contributed by atoms with van der Waals surface area (Å²) in [4.78, 5) is 0. The largest absolute Gasteiger partial charge is 0.506 e. The van der Waals surface area contributed by atoms with Gasteiger partial charge in [0.25, 0.3) is 0 Å². The lowest BCUT2D eigenvalue weighted by Gasteiger charge is -2.06. The number of nitrogens with one attached hydrogen (secondary N) is 1. The molecule has 0 unspecified atom stereocenters. The van der Waals surface area contributed by atoms with Gasteiger partial charge < -0.3 is 10.4 Å². The monoisotopic (exact) mass is 163 g/mol. The molecule has 0 saturated heterocycles. The van der Waals surface area contributed by atoms with Crippen molar-refractivity contribution in [3.05, 3.63) is 36.0 Å². The summed E-state index contributed by atoms with van der Waals surface area (Å²) < 4.78 is 0. The molecule has 1 aromatic carbocycles. The number of hydrogen-bond donors (Lipinski definition) is 2. The van der Waals surface area contributed by atoms with Crippen molar-refractivity contribution < 1.29 is 5.11 Å². The third-order valence-electron chi connectivity index (χ3n) is 1.65. The highest BCUT2D eigenvalue weighted by molar-refractivity contribution is 5.62. The van der Waals surface area contributed by atoms with Crippen LogP contribution >= 0.6 is 0 Å². The van der Waals surface area contributed by atoms with Crippen molar-refractivity contribution in [2.24, 2.45) is 0 Å². The molecule has 0 radical (unpaired) electrons. The van der Waals surface area contributed by atoms with Gasteiger partial charge in [-0.3, -0.25) is 0 Å². The van der Waals surface area contributed by atoms with Crippen LogP contribution < -0.4 is 5.32 Å². The number of rotatable bonds is 2. The second kappa shape index (κ2) is 3.81. The third-order valence-corrected chi connectivity index (χ3v) is 1.65. The lowest BCUT2D eigenvalue weighted by molar-refractivity contribution is 0.477. The van der Waals surface area contributed by atoms with E-state index in [9.17, 15) is 5.11 Å². The first-order chi connectivity index (χ1) is 5.75. The Balaban J connectivity index is 2.96. The predicted octanol–water partition coefficient (Wildman–Crippen LogP) is 2.65. The molecule has 0 spiro atoms. The van der Waals surface area contributed by atoms with Gasteiger partial charge in [-0.05, 0) is 31.7 Å². The number of allylic oxidation sites excluding steroid dienone is 1. The molecule has 0 fully saturated rings. The molecule has 1 aromatic rings. The summed E-state index contributed by atoms with van der Waals surface area (Å²) in [6.45, 7) is 3.87. The van der Waals surface area contributed by atoms with Crippen LogP contribution in [0.25, 0.3) is 0 Å². The average Bonchev–Trinajstić information content (AvgIpc) is 2.04. The van der Waals surface area contributed by atoms with Crippen molar-refractivity contribution in [3.63, 3.8) is 0 Å². The number of phenolic OH excluding ortho intramolecular Hbond substituents is 1. The molecule has 0 saturated carbocycles. The highest BCUT2D eigenvalue weighted by atomic mass is 16.3. The molecule has 1 rings (SSSR count). The van der Waals surface area contributed by atoms with Crippen LogP contribution in [0.1, 0.15) is 12.5 Å². The van der Waals surface area contributed by atoms with E-state index in [0.29, 0.717) is 0 Å². The number of aryl methyl sites for hydroxylation is 1. The molecule has 0 aromatic heterocycles. The SMILES string of the molecule is C/C=C\Nc1c(C)cccc1O. The fourth-order valence-electron chi connectivity index (χ4n) is 1.01. The number of phenols is 1. The topological polar surface area (TPSA) is 32.3 Å². The van der Waals surface area contributed by atoms with E-state index in [1.165, 1.54) is 0 Å². The summed E-state index contributed by atoms with van der Waals surface area (Å²) in [5, 5.41) is 12.4. The molecule has 2 heteroatoms. The van der Waals surface area contributed by atoms with Crippen LogP contribution in [-0.4, -0.2) is 5.11 Å². The Bertz CT molecular complexity index is 272. The minimum Gasteiger partial charge on any atom is -0.506 e. The zero-order valence-electron chi connectivity index (χ0n) is 7.33. The number of benzene rings is 1. The molecule has 0 aliphatic rings. The molecule has 2 nitrogen and oxygen atoms in total. The van der Waals surface area contributed by atoms with E-state index in [1.54, 1.807) is 12.3 Å². The second-order valence-corrected chi connectivity index (χ2v) is 2.61. The van der Waals surface area contributed by atoms with Crippen LogP contribution in [0.3, 0.4) is 0 Å². The molecular weight excluding hydrogens is 150 g/mol. The summed E-state index contributed by atoms with van der Waals surface area (Å²) in [6.07, 6.45) is 3.67. The Hall–Kier alpha value is -1.44. The standard InChI is InChI=1S/C10H13NO/c1-3-7-11-10-8(2)5-4-6-9(10)12/h3-7,11-12H,1-2H3/b7-3-. The molecule has 0 bridgehead atoms. The number of para-hydroxylation sites is 1. The van der Waals surface area contributed by atoms with Gasteiger partial charge in [0, 0.05) is 0 Å². The molecule has 0 atom stereocenters. The number of aromatic hydroxyl groups is 1. The Labute approximate surface area is 72.5 Å². The Morgan fingerprint density at radius 3 is 2.75 bits per heavy atom. The normalized spacial score (nSPS) is 10.5. The maximum absolute atomic E-state index is 9.42. The van der Waals surface area contributed by atoms with Gasteiger partial charge in [-0.25, -0.2) is 0 Å². The highest BCUT2D eigenvalue weighted by Crippen LogP contribution is 2.26. The van der Waals surface area contributed by atoms with Crippen molar-refractivity contribution in [2.45, 2.75) is 13.8 Å². The summed E-state index contributed by atoms with van der Waals surface area (Å²) in [5.74, 6) is 0.285. The van der Waals surface area contributed by atoms with E-state index in [-0.39, 0.29) is 5.75 Å². The van der Waals surface area contributed by atoms with Gasteiger partial charge in [0.1, 0.15) is 5.75 Å². The third kappa shape index (κ3) is 1.78. The fraction of sp³-hybridized carbons (Fsp3) is 0.200. The fourth-order valence-corrected chi connectivity index (χ4v) is 1.01. The molecule has 2 N–H and O–H groups in total. The predicted molar refractivity (Wildman–Crippen MR) is 51.3 cm³/mol. The summed E-state index contributed by atoms with van der Waals surface area (Å²) in [6, 6.07) is 5.44. The lowest BCUT2D eigenvalue weighted by atomic mass is 10.2. The minimum atomic E-state index is 0.285. The van der Waals surface area contributed by atoms with Crippen molar-refractivity contribution in [2.75, 3.05) is 5.32 Å². The molecule has 0 amide bonds. The van der Waals surface area contributed by atoms with Crippen LogP contribution in [0, 0.1) is 6.92 Å². The van der Waals surface area contributed by atoms with Crippen LogP contribution in [0.4, 0.5) is 5.69 Å². The zero-order valence-corrected chi connectivity index (χ0v) is 7.33. The molecule has 64 valence electrons. The van der Waals surface area contributed by atoms with Crippen LogP contribution in [0.15, 0.2) is 30.5 Å². The van der Waals surface area contributed by atoms with Gasteiger partial charge in [0.2, 0.25) is 0 Å². The van der Waals surface area contributed by atoms with Crippen molar-refractivity contribution in [3.8, 4) is 5.75 Å². The molecule has 0 heterocycles. The van der Waals surface area contributed by atoms with Gasteiger partial charge in [-0.1, -0.05) is 18.2 Å². The van der Waals surface area contributed by atoms with E-state index in [0.717, 1.165) is 11.3 Å². The highest BCUT2D eigenvalue weighted by Gasteiger charge is 2.00. The van der Waals surface area contributed by atoms with Crippen molar-refractivity contribution >= 4 is 5.69 Å². The second-order valence-electron chi connectivity index (χ2n) is 2.61. The first-order valence-electron chi connectivity index (χ1n) is 3.92. The van der Waals surface area contributed by atoms with E-state index >= 15 is 0 Å². The van der Waals surface area contributed by atoms with E-state index in [2.05, 4.69) is 5.32 Å². The maximum atomic E-state index is 9.42. The smallest absolute Gasteiger partial charge is 0.139 e. The van der Waals surface area contributed by atoms with Crippen LogP contribution in [0.2, 0.25) is 0 Å². The molecule has 12 heavy (non-hydrogen) atoms. The van der Waals surface area contributed by atoms with E-state index in [4.69, 9.17) is 0 Å². The number of anilines is 1. The molecule has 0 aliphatic heterocycles. The van der Waals surface area contributed by atoms with Crippen molar-refractivity contribution in [1.29, 1.82) is 0 Å². The maximum Gasteiger partial charge on any atom is 0.139 e. The Morgan fingerprint density at radius 1 is 1.42 bits per heavy atom.